The predicted octanol–water partition coefficient (Wildman–Crippen LogP) is 2.35. The molecule has 2 amide bonds. The number of hydrogen-bond acceptors (Lipinski definition) is 5. The minimum absolute atomic E-state index is 0. The zero-order valence-electron chi connectivity index (χ0n) is 12.8. The molecular formula is C16H18ClN3O3S. The molecule has 3 N–H and O–H groups in total. The van der Waals surface area contributed by atoms with Gasteiger partial charge in [0.25, 0.3) is 11.8 Å². The number of carbonyl (C=O) groups excluding carboxylic acids is 2. The number of halogens is 1. The van der Waals surface area contributed by atoms with Crippen LogP contribution in [0.4, 0.5) is 11.4 Å². The normalized spacial score (nSPS) is 16.8. The van der Waals surface area contributed by atoms with Crippen molar-refractivity contribution in [1.29, 1.82) is 0 Å². The molecule has 0 saturated carbocycles. The summed E-state index contributed by atoms with van der Waals surface area (Å²) in [6.07, 6.45) is -0.523. The largest absolute Gasteiger partial charge is 0.366 e. The van der Waals surface area contributed by atoms with E-state index in [1.54, 1.807) is 30.3 Å². The molecule has 0 radical (unpaired) electrons. The maximum atomic E-state index is 12.2. The molecule has 8 heteroatoms. The van der Waals surface area contributed by atoms with Crippen molar-refractivity contribution >= 4 is 46.9 Å². The van der Waals surface area contributed by atoms with Crippen LogP contribution in [0.2, 0.25) is 0 Å². The first-order chi connectivity index (χ1) is 11.2. The van der Waals surface area contributed by atoms with Crippen molar-refractivity contribution in [2.24, 2.45) is 0 Å². The number of ether oxygens (including phenoxy) is 1. The van der Waals surface area contributed by atoms with Crippen molar-refractivity contribution in [1.82, 2.24) is 5.32 Å². The predicted molar refractivity (Wildman–Crippen MR) is 97.2 cm³/mol. The summed E-state index contributed by atoms with van der Waals surface area (Å²) < 4.78 is 5.43. The SMILES string of the molecule is Cl.O=C(Nc1ccccc1NC(=O)C1CNCCO1)c1cccs1. The molecule has 3 rings (SSSR count). The smallest absolute Gasteiger partial charge is 0.265 e. The zero-order valence-corrected chi connectivity index (χ0v) is 14.4. The topological polar surface area (TPSA) is 79.5 Å². The molecule has 128 valence electrons. The fourth-order valence-corrected chi connectivity index (χ4v) is 2.86. The Balaban J connectivity index is 0.00000208. The number of hydrogen-bond donors (Lipinski definition) is 3. The maximum Gasteiger partial charge on any atom is 0.265 e. The number of nitrogens with one attached hydrogen (secondary N) is 3. The van der Waals surface area contributed by atoms with Crippen LogP contribution in [-0.4, -0.2) is 37.6 Å². The first-order valence-electron chi connectivity index (χ1n) is 7.31. The number of anilines is 2. The molecular weight excluding hydrogens is 350 g/mol. The van der Waals surface area contributed by atoms with E-state index in [-0.39, 0.29) is 24.2 Å². The summed E-state index contributed by atoms with van der Waals surface area (Å²) in [7, 11) is 0. The lowest BCUT2D eigenvalue weighted by molar-refractivity contribution is -0.128. The Labute approximate surface area is 150 Å². The van der Waals surface area contributed by atoms with Crippen LogP contribution in [0.15, 0.2) is 41.8 Å². The number of benzene rings is 1. The van der Waals surface area contributed by atoms with Crippen LogP contribution < -0.4 is 16.0 Å². The zero-order chi connectivity index (χ0) is 16.1. The molecule has 1 atom stereocenters. The van der Waals surface area contributed by atoms with Crippen molar-refractivity contribution < 1.29 is 14.3 Å². The average molecular weight is 368 g/mol. The van der Waals surface area contributed by atoms with Gasteiger partial charge >= 0.3 is 0 Å². The van der Waals surface area contributed by atoms with Gasteiger partial charge in [0.15, 0.2) is 0 Å². The van der Waals surface area contributed by atoms with Gasteiger partial charge in [0.1, 0.15) is 6.10 Å². The number of para-hydroxylation sites is 2. The minimum atomic E-state index is -0.523. The van der Waals surface area contributed by atoms with Gasteiger partial charge in [-0.05, 0) is 23.6 Å². The Morgan fingerprint density at radius 3 is 2.50 bits per heavy atom. The second-order valence-electron chi connectivity index (χ2n) is 5.03. The van der Waals surface area contributed by atoms with Gasteiger partial charge in [-0.3, -0.25) is 9.59 Å². The van der Waals surface area contributed by atoms with E-state index in [9.17, 15) is 9.59 Å². The number of rotatable bonds is 4. The second-order valence-corrected chi connectivity index (χ2v) is 5.98. The molecule has 1 saturated heterocycles. The maximum absolute atomic E-state index is 12.2. The summed E-state index contributed by atoms with van der Waals surface area (Å²) in [5.74, 6) is -0.424. The van der Waals surface area contributed by atoms with E-state index in [2.05, 4.69) is 16.0 Å². The van der Waals surface area contributed by atoms with Crippen LogP contribution in [-0.2, 0) is 9.53 Å². The van der Waals surface area contributed by atoms with E-state index >= 15 is 0 Å². The van der Waals surface area contributed by atoms with Crippen molar-refractivity contribution in [3.63, 3.8) is 0 Å². The Morgan fingerprint density at radius 2 is 1.88 bits per heavy atom. The summed E-state index contributed by atoms with van der Waals surface area (Å²) in [5.41, 5.74) is 1.11. The van der Waals surface area contributed by atoms with E-state index in [0.29, 0.717) is 29.4 Å². The van der Waals surface area contributed by atoms with Gasteiger partial charge in [0.05, 0.1) is 22.9 Å². The third-order valence-electron chi connectivity index (χ3n) is 3.40. The van der Waals surface area contributed by atoms with Gasteiger partial charge in [-0.25, -0.2) is 0 Å². The van der Waals surface area contributed by atoms with Crippen LogP contribution in [0, 0.1) is 0 Å². The van der Waals surface area contributed by atoms with Gasteiger partial charge in [-0.1, -0.05) is 18.2 Å². The van der Waals surface area contributed by atoms with Crippen LogP contribution >= 0.6 is 23.7 Å². The highest BCUT2D eigenvalue weighted by Gasteiger charge is 2.22. The highest BCUT2D eigenvalue weighted by molar-refractivity contribution is 7.12. The Bertz CT molecular complexity index is 688. The summed E-state index contributed by atoms with van der Waals surface area (Å²) in [4.78, 5) is 25.0. The van der Waals surface area contributed by atoms with Gasteiger partial charge in [-0.15, -0.1) is 23.7 Å². The molecule has 0 bridgehead atoms. The van der Waals surface area contributed by atoms with E-state index in [1.165, 1.54) is 11.3 Å². The molecule has 2 aromatic rings. The highest BCUT2D eigenvalue weighted by Crippen LogP contribution is 2.23. The molecule has 1 unspecified atom stereocenters. The van der Waals surface area contributed by atoms with Crippen molar-refractivity contribution in [3.8, 4) is 0 Å². The lowest BCUT2D eigenvalue weighted by atomic mass is 10.2. The monoisotopic (exact) mass is 367 g/mol. The van der Waals surface area contributed by atoms with Crippen LogP contribution in [0.1, 0.15) is 9.67 Å². The molecule has 6 nitrogen and oxygen atoms in total. The third kappa shape index (κ3) is 4.55. The molecule has 1 fully saturated rings. The molecule has 1 aromatic carbocycles. The summed E-state index contributed by atoms with van der Waals surface area (Å²) in [6, 6.07) is 10.7. The fraction of sp³-hybridized carbons (Fsp3) is 0.250. The number of carbonyl (C=O) groups is 2. The van der Waals surface area contributed by atoms with Crippen molar-refractivity contribution in [2.75, 3.05) is 30.3 Å². The van der Waals surface area contributed by atoms with E-state index in [0.717, 1.165) is 6.54 Å². The molecule has 1 aliphatic heterocycles. The molecule has 24 heavy (non-hydrogen) atoms. The van der Waals surface area contributed by atoms with Gasteiger partial charge in [0.2, 0.25) is 0 Å². The standard InChI is InChI=1S/C16H17N3O3S.ClH/c20-15(13-10-17-7-8-22-13)18-11-4-1-2-5-12(11)19-16(21)14-6-3-9-23-14;/h1-6,9,13,17H,7-8,10H2,(H,18,20)(H,19,21);1H. The minimum Gasteiger partial charge on any atom is -0.366 e. The van der Waals surface area contributed by atoms with E-state index in [4.69, 9.17) is 4.74 Å². The van der Waals surface area contributed by atoms with E-state index in [1.807, 2.05) is 11.4 Å². The first kappa shape index (κ1) is 18.4. The van der Waals surface area contributed by atoms with Crippen LogP contribution in [0.25, 0.3) is 0 Å². The van der Waals surface area contributed by atoms with Crippen molar-refractivity contribution in [2.45, 2.75) is 6.10 Å². The number of morpholine rings is 1. The van der Waals surface area contributed by atoms with Gasteiger partial charge in [0, 0.05) is 13.1 Å². The van der Waals surface area contributed by atoms with Crippen molar-refractivity contribution in [3.05, 3.63) is 46.7 Å². The number of amides is 2. The molecule has 1 aromatic heterocycles. The summed E-state index contributed by atoms with van der Waals surface area (Å²) in [6.45, 7) is 1.74. The van der Waals surface area contributed by atoms with E-state index < -0.39 is 6.10 Å². The molecule has 0 aliphatic carbocycles. The molecule has 0 spiro atoms. The average Bonchev–Trinajstić information content (AvgIpc) is 3.12. The summed E-state index contributed by atoms with van der Waals surface area (Å²) in [5, 5.41) is 10.6. The Hall–Kier alpha value is -1.93. The molecule has 1 aliphatic rings. The third-order valence-corrected chi connectivity index (χ3v) is 4.27. The molecule has 2 heterocycles. The van der Waals surface area contributed by atoms with Gasteiger partial charge in [-0.2, -0.15) is 0 Å². The lowest BCUT2D eigenvalue weighted by Gasteiger charge is -2.23. The Kier molecular flexibility index (Phi) is 6.74. The highest BCUT2D eigenvalue weighted by atomic mass is 35.5. The number of thiophene rings is 1. The van der Waals surface area contributed by atoms with Crippen LogP contribution in [0.5, 0.6) is 0 Å². The Morgan fingerprint density at radius 1 is 1.12 bits per heavy atom. The summed E-state index contributed by atoms with van der Waals surface area (Å²) >= 11 is 1.37. The quantitative estimate of drug-likeness (QED) is 0.775. The van der Waals surface area contributed by atoms with Crippen LogP contribution in [0.3, 0.4) is 0 Å². The lowest BCUT2D eigenvalue weighted by Crippen LogP contribution is -2.45. The fourth-order valence-electron chi connectivity index (χ4n) is 2.24. The first-order valence-corrected chi connectivity index (χ1v) is 8.19. The second kappa shape index (κ2) is 8.79. The van der Waals surface area contributed by atoms with Gasteiger partial charge < -0.3 is 20.7 Å².